The monoisotopic (exact) mass is 380 g/mol. The SMILES string of the molecule is O=C(Cc1ccccc1)N1CCN(S(=O)(=O)c2cc(F)ccc2F)CC1. The number of carbonyl (C=O) groups excluding carboxylic acids is 1. The number of benzene rings is 2. The Labute approximate surface area is 150 Å². The molecule has 0 aromatic heterocycles. The molecule has 0 spiro atoms. The van der Waals surface area contributed by atoms with Gasteiger partial charge in [0.2, 0.25) is 15.9 Å². The van der Waals surface area contributed by atoms with E-state index in [0.29, 0.717) is 6.07 Å². The maximum Gasteiger partial charge on any atom is 0.246 e. The quantitative estimate of drug-likeness (QED) is 0.816. The molecule has 138 valence electrons. The molecule has 1 amide bonds. The van der Waals surface area contributed by atoms with Gasteiger partial charge in [-0.3, -0.25) is 4.79 Å². The fraction of sp³-hybridized carbons (Fsp3) is 0.278. The average Bonchev–Trinajstić information content (AvgIpc) is 2.64. The Kier molecular flexibility index (Phi) is 5.33. The Morgan fingerprint density at radius 2 is 1.62 bits per heavy atom. The highest BCUT2D eigenvalue weighted by Gasteiger charge is 2.32. The Hall–Kier alpha value is -2.32. The molecule has 3 rings (SSSR count). The van der Waals surface area contributed by atoms with Crippen molar-refractivity contribution in [3.8, 4) is 0 Å². The summed E-state index contributed by atoms with van der Waals surface area (Å²) in [6.45, 7) is 0.501. The minimum Gasteiger partial charge on any atom is -0.340 e. The molecule has 8 heteroatoms. The summed E-state index contributed by atoms with van der Waals surface area (Å²) in [6.07, 6.45) is 0.242. The van der Waals surface area contributed by atoms with Crippen molar-refractivity contribution in [3.63, 3.8) is 0 Å². The second kappa shape index (κ2) is 7.51. The second-order valence-corrected chi connectivity index (χ2v) is 7.93. The first-order valence-corrected chi connectivity index (χ1v) is 9.59. The molecular weight excluding hydrogens is 362 g/mol. The first-order valence-electron chi connectivity index (χ1n) is 8.15. The van der Waals surface area contributed by atoms with Gasteiger partial charge in [-0.1, -0.05) is 30.3 Å². The summed E-state index contributed by atoms with van der Waals surface area (Å²) in [6, 6.07) is 11.6. The van der Waals surface area contributed by atoms with E-state index in [1.54, 1.807) is 4.90 Å². The minimum absolute atomic E-state index is 0.0405. The number of piperazine rings is 1. The first kappa shape index (κ1) is 18.5. The highest BCUT2D eigenvalue weighted by molar-refractivity contribution is 7.89. The Bertz CT molecular complexity index is 896. The summed E-state index contributed by atoms with van der Waals surface area (Å²) < 4.78 is 53.3. The number of amides is 1. The molecule has 5 nitrogen and oxygen atoms in total. The molecule has 1 fully saturated rings. The summed E-state index contributed by atoms with van der Waals surface area (Å²) in [4.78, 5) is 13.2. The topological polar surface area (TPSA) is 57.7 Å². The molecule has 0 bridgehead atoms. The normalized spacial score (nSPS) is 15.8. The smallest absolute Gasteiger partial charge is 0.246 e. The zero-order valence-electron chi connectivity index (χ0n) is 13.9. The van der Waals surface area contributed by atoms with Crippen molar-refractivity contribution in [2.45, 2.75) is 11.3 Å². The van der Waals surface area contributed by atoms with E-state index in [-0.39, 0.29) is 38.5 Å². The summed E-state index contributed by atoms with van der Waals surface area (Å²) in [5, 5.41) is 0. The maximum atomic E-state index is 13.8. The van der Waals surface area contributed by atoms with Crippen LogP contribution in [0.25, 0.3) is 0 Å². The van der Waals surface area contributed by atoms with E-state index in [0.717, 1.165) is 22.0 Å². The van der Waals surface area contributed by atoms with Gasteiger partial charge in [-0.05, 0) is 23.8 Å². The van der Waals surface area contributed by atoms with Crippen LogP contribution in [0, 0.1) is 11.6 Å². The van der Waals surface area contributed by atoms with Gasteiger partial charge >= 0.3 is 0 Å². The van der Waals surface area contributed by atoms with Crippen molar-refractivity contribution in [3.05, 3.63) is 65.7 Å². The van der Waals surface area contributed by atoms with Gasteiger partial charge in [0.15, 0.2) is 0 Å². The molecule has 0 N–H and O–H groups in total. The van der Waals surface area contributed by atoms with E-state index in [9.17, 15) is 22.0 Å². The standard InChI is InChI=1S/C18H18F2N2O3S/c19-15-6-7-16(20)17(13-15)26(24,25)22-10-8-21(9-11-22)18(23)12-14-4-2-1-3-5-14/h1-7,13H,8-12H2. The van der Waals surface area contributed by atoms with E-state index < -0.39 is 26.6 Å². The van der Waals surface area contributed by atoms with Gasteiger partial charge < -0.3 is 4.90 Å². The molecule has 1 saturated heterocycles. The second-order valence-electron chi connectivity index (χ2n) is 6.02. The lowest BCUT2D eigenvalue weighted by Crippen LogP contribution is -2.51. The summed E-state index contributed by atoms with van der Waals surface area (Å²) >= 11 is 0. The summed E-state index contributed by atoms with van der Waals surface area (Å²) in [5.74, 6) is -1.90. The number of hydrogen-bond donors (Lipinski definition) is 0. The van der Waals surface area contributed by atoms with Crippen molar-refractivity contribution in [1.29, 1.82) is 0 Å². The van der Waals surface area contributed by atoms with Crippen LogP contribution in [0.3, 0.4) is 0 Å². The van der Waals surface area contributed by atoms with Gasteiger partial charge in [-0.25, -0.2) is 17.2 Å². The van der Waals surface area contributed by atoms with Gasteiger partial charge in [0.05, 0.1) is 6.42 Å². The van der Waals surface area contributed by atoms with Gasteiger partial charge in [0.25, 0.3) is 0 Å². The molecule has 0 unspecified atom stereocenters. The Balaban J connectivity index is 1.66. The van der Waals surface area contributed by atoms with Crippen LogP contribution in [0.1, 0.15) is 5.56 Å². The van der Waals surface area contributed by atoms with Gasteiger partial charge in [-0.15, -0.1) is 0 Å². The number of hydrogen-bond acceptors (Lipinski definition) is 3. The molecule has 0 saturated carbocycles. The summed E-state index contributed by atoms with van der Waals surface area (Å²) in [7, 11) is -4.14. The molecule has 0 atom stereocenters. The third kappa shape index (κ3) is 3.91. The lowest BCUT2D eigenvalue weighted by atomic mass is 10.1. The van der Waals surface area contributed by atoms with Crippen molar-refractivity contribution < 1.29 is 22.0 Å². The average molecular weight is 380 g/mol. The van der Waals surface area contributed by atoms with Gasteiger partial charge in [0.1, 0.15) is 16.5 Å². The number of carbonyl (C=O) groups is 1. The summed E-state index contributed by atoms with van der Waals surface area (Å²) in [5.41, 5.74) is 0.884. The minimum atomic E-state index is -4.14. The van der Waals surface area contributed by atoms with Crippen LogP contribution in [0.5, 0.6) is 0 Å². The van der Waals surface area contributed by atoms with E-state index in [4.69, 9.17) is 0 Å². The van der Waals surface area contributed by atoms with E-state index in [1.165, 1.54) is 0 Å². The molecule has 2 aromatic carbocycles. The van der Waals surface area contributed by atoms with Crippen molar-refractivity contribution in [2.75, 3.05) is 26.2 Å². The molecule has 26 heavy (non-hydrogen) atoms. The van der Waals surface area contributed by atoms with Crippen LogP contribution in [0.15, 0.2) is 53.4 Å². The molecule has 1 heterocycles. The maximum absolute atomic E-state index is 13.8. The van der Waals surface area contributed by atoms with E-state index in [1.807, 2.05) is 30.3 Å². The van der Waals surface area contributed by atoms with Crippen molar-refractivity contribution in [2.24, 2.45) is 0 Å². The molecule has 1 aliphatic rings. The molecule has 0 radical (unpaired) electrons. The third-order valence-electron chi connectivity index (χ3n) is 4.30. The highest BCUT2D eigenvalue weighted by atomic mass is 32.2. The fourth-order valence-electron chi connectivity index (χ4n) is 2.87. The Morgan fingerprint density at radius 3 is 2.27 bits per heavy atom. The van der Waals surface area contributed by atoms with Gasteiger partial charge in [0, 0.05) is 26.2 Å². The molecule has 1 aliphatic heterocycles. The Morgan fingerprint density at radius 1 is 0.962 bits per heavy atom. The number of halogens is 2. The van der Waals surface area contributed by atoms with Crippen LogP contribution in [0.4, 0.5) is 8.78 Å². The van der Waals surface area contributed by atoms with Crippen LogP contribution in [0.2, 0.25) is 0 Å². The number of sulfonamides is 1. The lowest BCUT2D eigenvalue weighted by molar-refractivity contribution is -0.131. The predicted molar refractivity (Wildman–Crippen MR) is 91.8 cm³/mol. The van der Waals surface area contributed by atoms with Crippen LogP contribution in [-0.2, 0) is 21.2 Å². The van der Waals surface area contributed by atoms with Crippen molar-refractivity contribution in [1.82, 2.24) is 9.21 Å². The molecular formula is C18H18F2N2O3S. The van der Waals surface area contributed by atoms with E-state index in [2.05, 4.69) is 0 Å². The van der Waals surface area contributed by atoms with Crippen LogP contribution in [-0.4, -0.2) is 49.7 Å². The predicted octanol–water partition coefficient (Wildman–Crippen LogP) is 2.04. The number of nitrogens with zero attached hydrogens (tertiary/aromatic N) is 2. The van der Waals surface area contributed by atoms with E-state index >= 15 is 0 Å². The highest BCUT2D eigenvalue weighted by Crippen LogP contribution is 2.22. The van der Waals surface area contributed by atoms with Crippen LogP contribution >= 0.6 is 0 Å². The molecule has 0 aliphatic carbocycles. The van der Waals surface area contributed by atoms with Crippen molar-refractivity contribution >= 4 is 15.9 Å². The number of rotatable bonds is 4. The fourth-order valence-corrected chi connectivity index (χ4v) is 4.37. The third-order valence-corrected chi connectivity index (χ3v) is 6.21. The zero-order valence-corrected chi connectivity index (χ0v) is 14.8. The van der Waals surface area contributed by atoms with Gasteiger partial charge in [-0.2, -0.15) is 4.31 Å². The molecule has 2 aromatic rings. The largest absolute Gasteiger partial charge is 0.340 e. The first-order chi connectivity index (χ1) is 12.4. The zero-order chi connectivity index (χ0) is 18.7. The lowest BCUT2D eigenvalue weighted by Gasteiger charge is -2.34. The van der Waals surface area contributed by atoms with Crippen LogP contribution < -0.4 is 0 Å².